The van der Waals surface area contributed by atoms with E-state index in [0.717, 1.165) is 23.6 Å². The molecule has 2 heterocycles. The van der Waals surface area contributed by atoms with Crippen LogP contribution in [0.1, 0.15) is 24.7 Å². The van der Waals surface area contributed by atoms with Crippen LogP contribution in [0, 0.1) is 6.92 Å². The van der Waals surface area contributed by atoms with Crippen LogP contribution >= 0.6 is 0 Å². The van der Waals surface area contributed by atoms with Gasteiger partial charge in [0, 0.05) is 5.69 Å². The summed E-state index contributed by atoms with van der Waals surface area (Å²) in [6, 6.07) is 9.58. The highest BCUT2D eigenvalue weighted by Gasteiger charge is 2.04. The number of hydrogen-bond acceptors (Lipinski definition) is 5. The first-order chi connectivity index (χ1) is 9.69. The molecule has 0 spiro atoms. The van der Waals surface area contributed by atoms with Crippen molar-refractivity contribution < 1.29 is 4.74 Å². The van der Waals surface area contributed by atoms with E-state index in [4.69, 9.17) is 10.5 Å². The summed E-state index contributed by atoms with van der Waals surface area (Å²) < 4.78 is 5.51. The molecule has 5 nitrogen and oxygen atoms in total. The number of hydrogen-bond donors (Lipinski definition) is 2. The van der Waals surface area contributed by atoms with Gasteiger partial charge in [0.1, 0.15) is 5.82 Å². The Balaban J connectivity index is 2.02. The fourth-order valence-electron chi connectivity index (χ4n) is 1.74. The predicted molar refractivity (Wildman–Crippen MR) is 80.7 cm³/mol. The van der Waals surface area contributed by atoms with E-state index in [0.29, 0.717) is 24.7 Å². The molecule has 20 heavy (non-hydrogen) atoms. The molecule has 0 unspecified atom stereocenters. The number of nitrogens with one attached hydrogen (secondary N) is 1. The monoisotopic (exact) mass is 272 g/mol. The van der Waals surface area contributed by atoms with Crippen LogP contribution in [0.3, 0.4) is 0 Å². The van der Waals surface area contributed by atoms with Crippen molar-refractivity contribution in [3.8, 4) is 5.88 Å². The molecule has 0 saturated heterocycles. The molecule has 0 fully saturated rings. The highest BCUT2D eigenvalue weighted by Crippen LogP contribution is 2.21. The standard InChI is InChI=1S/C15H20N4O/c1-3-9-20-15-13(16)7-8-14(19-15)17-10-12-6-4-5-11(2)18-12/h4-8H,3,9-10,16H2,1-2H3,(H,17,19). The van der Waals surface area contributed by atoms with Gasteiger partial charge in [-0.3, -0.25) is 4.98 Å². The smallest absolute Gasteiger partial charge is 0.239 e. The van der Waals surface area contributed by atoms with Crippen LogP contribution in [0.25, 0.3) is 0 Å². The maximum atomic E-state index is 5.83. The minimum Gasteiger partial charge on any atom is -0.476 e. The first-order valence-electron chi connectivity index (χ1n) is 6.74. The molecule has 0 saturated carbocycles. The largest absolute Gasteiger partial charge is 0.476 e. The van der Waals surface area contributed by atoms with Gasteiger partial charge in [-0.25, -0.2) is 0 Å². The molecule has 0 aliphatic carbocycles. The summed E-state index contributed by atoms with van der Waals surface area (Å²) in [5, 5.41) is 3.22. The Hall–Kier alpha value is -2.30. The van der Waals surface area contributed by atoms with Gasteiger partial charge < -0.3 is 15.8 Å². The van der Waals surface area contributed by atoms with Crippen molar-refractivity contribution in [1.29, 1.82) is 0 Å². The maximum absolute atomic E-state index is 5.83. The van der Waals surface area contributed by atoms with E-state index < -0.39 is 0 Å². The molecule has 0 atom stereocenters. The zero-order valence-electron chi connectivity index (χ0n) is 11.9. The van der Waals surface area contributed by atoms with Gasteiger partial charge in [0.2, 0.25) is 5.88 Å². The average Bonchev–Trinajstić information content (AvgIpc) is 2.45. The minimum absolute atomic E-state index is 0.481. The first-order valence-corrected chi connectivity index (χ1v) is 6.74. The summed E-state index contributed by atoms with van der Waals surface area (Å²) in [7, 11) is 0. The van der Waals surface area contributed by atoms with Crippen LogP contribution < -0.4 is 15.8 Å². The Morgan fingerprint density at radius 3 is 2.80 bits per heavy atom. The van der Waals surface area contributed by atoms with E-state index in [-0.39, 0.29) is 0 Å². The summed E-state index contributed by atoms with van der Waals surface area (Å²) in [6.45, 7) is 5.25. The van der Waals surface area contributed by atoms with Crippen LogP contribution in [0.15, 0.2) is 30.3 Å². The highest BCUT2D eigenvalue weighted by atomic mass is 16.5. The Kier molecular flexibility index (Phi) is 4.76. The van der Waals surface area contributed by atoms with Crippen molar-refractivity contribution in [2.75, 3.05) is 17.7 Å². The number of rotatable bonds is 6. The second-order valence-electron chi connectivity index (χ2n) is 4.56. The van der Waals surface area contributed by atoms with Gasteiger partial charge in [-0.1, -0.05) is 13.0 Å². The third-order valence-electron chi connectivity index (χ3n) is 2.73. The number of nitrogens with zero attached hydrogens (tertiary/aromatic N) is 2. The molecule has 0 bridgehead atoms. The first kappa shape index (κ1) is 14.1. The molecule has 0 aliphatic heterocycles. The lowest BCUT2D eigenvalue weighted by atomic mass is 10.3. The van der Waals surface area contributed by atoms with Gasteiger partial charge in [-0.2, -0.15) is 4.98 Å². The van der Waals surface area contributed by atoms with Crippen LogP contribution in [-0.2, 0) is 6.54 Å². The van der Waals surface area contributed by atoms with Crippen molar-refractivity contribution >= 4 is 11.5 Å². The van der Waals surface area contributed by atoms with E-state index in [2.05, 4.69) is 15.3 Å². The zero-order valence-corrected chi connectivity index (χ0v) is 11.9. The Morgan fingerprint density at radius 2 is 2.05 bits per heavy atom. The number of aromatic nitrogens is 2. The number of ether oxygens (including phenoxy) is 1. The normalized spacial score (nSPS) is 10.3. The van der Waals surface area contributed by atoms with E-state index in [1.807, 2.05) is 38.1 Å². The molecule has 2 rings (SSSR count). The van der Waals surface area contributed by atoms with Crippen molar-refractivity contribution in [2.45, 2.75) is 26.8 Å². The second-order valence-corrected chi connectivity index (χ2v) is 4.56. The summed E-state index contributed by atoms with van der Waals surface area (Å²) in [5.74, 6) is 1.21. The number of pyridine rings is 2. The third kappa shape index (κ3) is 3.85. The van der Waals surface area contributed by atoms with Gasteiger partial charge in [-0.05, 0) is 37.6 Å². The molecule has 0 amide bonds. The average molecular weight is 272 g/mol. The number of nitrogen functional groups attached to an aromatic ring is 1. The van der Waals surface area contributed by atoms with Crippen molar-refractivity contribution in [1.82, 2.24) is 9.97 Å². The van der Waals surface area contributed by atoms with E-state index in [9.17, 15) is 0 Å². The Labute approximate surface area is 119 Å². The van der Waals surface area contributed by atoms with E-state index in [1.165, 1.54) is 0 Å². The molecule has 3 N–H and O–H groups in total. The Morgan fingerprint density at radius 1 is 1.20 bits per heavy atom. The SMILES string of the molecule is CCCOc1nc(NCc2cccc(C)n2)ccc1N. The summed E-state index contributed by atoms with van der Waals surface area (Å²) in [6.07, 6.45) is 0.923. The highest BCUT2D eigenvalue weighted by molar-refractivity contribution is 5.53. The van der Waals surface area contributed by atoms with Gasteiger partial charge in [0.25, 0.3) is 0 Å². The molecule has 0 aliphatic rings. The molecule has 2 aromatic rings. The van der Waals surface area contributed by atoms with Gasteiger partial charge in [-0.15, -0.1) is 0 Å². The molecular formula is C15H20N4O. The quantitative estimate of drug-likeness (QED) is 0.846. The fourth-order valence-corrected chi connectivity index (χ4v) is 1.74. The van der Waals surface area contributed by atoms with E-state index >= 15 is 0 Å². The lowest BCUT2D eigenvalue weighted by Crippen LogP contribution is -2.06. The predicted octanol–water partition coefficient (Wildman–Crippen LogP) is 2.77. The summed E-state index contributed by atoms with van der Waals surface area (Å²) in [4.78, 5) is 8.79. The molecule has 106 valence electrons. The van der Waals surface area contributed by atoms with Crippen molar-refractivity contribution in [3.05, 3.63) is 41.7 Å². The van der Waals surface area contributed by atoms with Gasteiger partial charge in [0.05, 0.1) is 24.5 Å². The molecule has 0 radical (unpaired) electrons. The third-order valence-corrected chi connectivity index (χ3v) is 2.73. The molecule has 5 heteroatoms. The van der Waals surface area contributed by atoms with Crippen LogP contribution in [0.2, 0.25) is 0 Å². The summed E-state index contributed by atoms with van der Waals surface area (Å²) >= 11 is 0. The minimum atomic E-state index is 0.481. The maximum Gasteiger partial charge on any atom is 0.239 e. The number of nitrogens with two attached hydrogens (primary N) is 1. The van der Waals surface area contributed by atoms with E-state index in [1.54, 1.807) is 6.07 Å². The molecular weight excluding hydrogens is 252 g/mol. The lowest BCUT2D eigenvalue weighted by molar-refractivity contribution is 0.307. The number of aryl methyl sites for hydroxylation is 1. The summed E-state index contributed by atoms with van der Waals surface area (Å²) in [5.41, 5.74) is 8.36. The van der Waals surface area contributed by atoms with Crippen LogP contribution in [0.5, 0.6) is 5.88 Å². The lowest BCUT2D eigenvalue weighted by Gasteiger charge is -2.10. The van der Waals surface area contributed by atoms with Crippen molar-refractivity contribution in [3.63, 3.8) is 0 Å². The van der Waals surface area contributed by atoms with Gasteiger partial charge in [0.15, 0.2) is 0 Å². The van der Waals surface area contributed by atoms with Crippen molar-refractivity contribution in [2.24, 2.45) is 0 Å². The second kappa shape index (κ2) is 6.75. The number of anilines is 2. The van der Waals surface area contributed by atoms with Crippen LogP contribution in [-0.4, -0.2) is 16.6 Å². The Bertz CT molecular complexity index is 572. The molecule has 2 aromatic heterocycles. The zero-order chi connectivity index (χ0) is 14.4. The molecule has 0 aromatic carbocycles. The fraction of sp³-hybridized carbons (Fsp3) is 0.333. The van der Waals surface area contributed by atoms with Crippen LogP contribution in [0.4, 0.5) is 11.5 Å². The van der Waals surface area contributed by atoms with Gasteiger partial charge >= 0.3 is 0 Å². The topological polar surface area (TPSA) is 73.1 Å².